The lowest BCUT2D eigenvalue weighted by atomic mass is 10.1. The number of rotatable bonds is 3. The van der Waals surface area contributed by atoms with E-state index in [1.807, 2.05) is 5.38 Å². The Morgan fingerprint density at radius 2 is 1.81 bits per heavy atom. The fourth-order valence-electron chi connectivity index (χ4n) is 2.63. The fraction of sp³-hybridized carbons (Fsp3) is 0. The lowest BCUT2D eigenvalue weighted by molar-refractivity contribution is -0.588. The number of hydrogen-bond donors (Lipinski definition) is 2. The maximum atomic E-state index is 12.8. The Hall–Kier alpha value is -3.17. The van der Waals surface area contributed by atoms with Gasteiger partial charge in [0.1, 0.15) is 4.91 Å². The summed E-state index contributed by atoms with van der Waals surface area (Å²) in [5, 5.41) is 31.7. The number of thioether (sulfide) groups is 1. The van der Waals surface area contributed by atoms with E-state index >= 15 is 0 Å². The van der Waals surface area contributed by atoms with Crippen molar-refractivity contribution in [3.8, 4) is 22.8 Å². The van der Waals surface area contributed by atoms with Crippen molar-refractivity contribution in [1.29, 1.82) is 0 Å². The number of benzene rings is 2. The predicted octanol–water partition coefficient (Wildman–Crippen LogP) is 3.81. The van der Waals surface area contributed by atoms with E-state index in [0.717, 1.165) is 4.34 Å². The van der Waals surface area contributed by atoms with E-state index in [4.69, 9.17) is 0 Å². The smallest absolute Gasteiger partial charge is 0.433 e. The lowest BCUT2D eigenvalue weighted by Gasteiger charge is -1.99. The van der Waals surface area contributed by atoms with Crippen molar-refractivity contribution >= 4 is 40.8 Å². The van der Waals surface area contributed by atoms with E-state index < -0.39 is 4.92 Å². The first-order chi connectivity index (χ1) is 12.9. The van der Waals surface area contributed by atoms with Crippen LogP contribution in [0, 0.1) is 10.1 Å². The van der Waals surface area contributed by atoms with Crippen molar-refractivity contribution in [3.05, 3.63) is 68.4 Å². The molecule has 1 aromatic heterocycles. The number of fused-ring (bicyclic) bond motifs is 1. The minimum Gasteiger partial charge on any atom is -0.504 e. The molecule has 1 aliphatic heterocycles. The van der Waals surface area contributed by atoms with Gasteiger partial charge in [0.25, 0.3) is 5.69 Å². The normalized spacial score (nSPS) is 14.5. The van der Waals surface area contributed by atoms with Gasteiger partial charge in [-0.1, -0.05) is 11.3 Å². The third kappa shape index (κ3) is 3.07. The van der Waals surface area contributed by atoms with Gasteiger partial charge in [0.2, 0.25) is 5.69 Å². The van der Waals surface area contributed by atoms with Crippen LogP contribution in [0.4, 0.5) is 5.69 Å². The van der Waals surface area contributed by atoms with Crippen LogP contribution in [0.3, 0.4) is 0 Å². The number of hydrogen-bond acceptors (Lipinski definition) is 7. The molecule has 0 radical (unpaired) electrons. The van der Waals surface area contributed by atoms with Gasteiger partial charge in [-0.2, -0.15) is 0 Å². The SMILES string of the molecule is O=C1/C(=C\c2ccc([N+](=O)[O-])cc2)Sc2scc(-c3ccc(O)c(O)c3)[n+]21. The van der Waals surface area contributed by atoms with Crippen LogP contribution in [-0.4, -0.2) is 21.0 Å². The molecule has 0 saturated carbocycles. The van der Waals surface area contributed by atoms with Crippen molar-refractivity contribution in [2.75, 3.05) is 0 Å². The molecule has 0 saturated heterocycles. The Kier molecular flexibility index (Phi) is 4.17. The number of carbonyl (C=O) groups excluding carboxylic acids is 1. The molecule has 9 heteroatoms. The Balaban J connectivity index is 1.68. The summed E-state index contributed by atoms with van der Waals surface area (Å²) in [6.45, 7) is 0. The van der Waals surface area contributed by atoms with Crippen molar-refractivity contribution in [2.24, 2.45) is 0 Å². The highest BCUT2D eigenvalue weighted by atomic mass is 32.2. The molecule has 7 nitrogen and oxygen atoms in total. The van der Waals surface area contributed by atoms with Crippen LogP contribution in [0.25, 0.3) is 17.3 Å². The topological polar surface area (TPSA) is 105 Å². The average Bonchev–Trinajstić information content (AvgIpc) is 3.19. The molecule has 0 aliphatic carbocycles. The first-order valence-electron chi connectivity index (χ1n) is 7.68. The minimum atomic E-state index is -0.473. The van der Waals surface area contributed by atoms with E-state index in [1.54, 1.807) is 28.8 Å². The van der Waals surface area contributed by atoms with Crippen LogP contribution in [0.5, 0.6) is 11.5 Å². The Morgan fingerprint density at radius 3 is 2.48 bits per heavy atom. The molecule has 0 amide bonds. The van der Waals surface area contributed by atoms with Crippen molar-refractivity contribution in [2.45, 2.75) is 4.34 Å². The molecule has 4 rings (SSSR count). The molecular formula is C18H11N2O5S2+. The second-order valence-corrected chi connectivity index (χ2v) is 7.84. The molecule has 1 aliphatic rings. The van der Waals surface area contributed by atoms with Gasteiger partial charge < -0.3 is 10.2 Å². The number of aromatic hydroxyl groups is 2. The van der Waals surface area contributed by atoms with Gasteiger partial charge in [-0.15, -0.1) is 4.57 Å². The molecule has 0 atom stereocenters. The highest BCUT2D eigenvalue weighted by molar-refractivity contribution is 8.05. The second kappa shape index (κ2) is 6.53. The third-order valence-corrected chi connectivity index (χ3v) is 6.11. The number of allylic oxidation sites excluding steroid dienone is 1. The zero-order valence-corrected chi connectivity index (χ0v) is 15.2. The summed E-state index contributed by atoms with van der Waals surface area (Å²) in [6, 6.07) is 10.4. The van der Waals surface area contributed by atoms with Crippen molar-refractivity contribution < 1.29 is 24.5 Å². The van der Waals surface area contributed by atoms with Gasteiger partial charge >= 0.3 is 10.2 Å². The summed E-state index contributed by atoms with van der Waals surface area (Å²) < 4.78 is 2.33. The molecule has 0 fully saturated rings. The molecule has 0 bridgehead atoms. The highest BCUT2D eigenvalue weighted by Crippen LogP contribution is 2.39. The van der Waals surface area contributed by atoms with Crippen LogP contribution < -0.4 is 4.57 Å². The summed E-state index contributed by atoms with van der Waals surface area (Å²) in [7, 11) is 0. The van der Waals surface area contributed by atoms with Crippen molar-refractivity contribution in [1.82, 2.24) is 0 Å². The Labute approximate surface area is 161 Å². The summed E-state index contributed by atoms with van der Waals surface area (Å²) in [5.74, 6) is -0.694. The molecule has 2 heterocycles. The molecule has 2 aromatic carbocycles. The average molecular weight is 399 g/mol. The number of phenolic OH excluding ortho intramolecular Hbond substituents is 2. The number of non-ortho nitro benzene ring substituents is 1. The highest BCUT2D eigenvalue weighted by Gasteiger charge is 2.40. The maximum Gasteiger partial charge on any atom is 0.433 e. The van der Waals surface area contributed by atoms with Crippen LogP contribution >= 0.6 is 23.1 Å². The lowest BCUT2D eigenvalue weighted by Crippen LogP contribution is -2.40. The predicted molar refractivity (Wildman–Crippen MR) is 101 cm³/mol. The molecule has 27 heavy (non-hydrogen) atoms. The Bertz CT molecular complexity index is 1120. The zero-order valence-electron chi connectivity index (χ0n) is 13.5. The Morgan fingerprint density at radius 1 is 1.07 bits per heavy atom. The first kappa shape index (κ1) is 17.3. The summed E-state index contributed by atoms with van der Waals surface area (Å²) in [5.41, 5.74) is 1.91. The number of nitrogens with zero attached hydrogens (tertiary/aromatic N) is 2. The van der Waals surface area contributed by atoms with E-state index in [0.29, 0.717) is 21.7 Å². The van der Waals surface area contributed by atoms with Crippen molar-refractivity contribution in [3.63, 3.8) is 0 Å². The molecular weight excluding hydrogens is 388 g/mol. The van der Waals surface area contributed by atoms with Crippen LogP contribution in [0.2, 0.25) is 0 Å². The quantitative estimate of drug-likeness (QED) is 0.228. The number of nitro groups is 1. The number of carbonyl (C=O) groups is 1. The molecule has 134 valence electrons. The van der Waals surface area contributed by atoms with Gasteiger partial charge in [-0.3, -0.25) is 10.1 Å². The third-order valence-electron chi connectivity index (χ3n) is 3.98. The summed E-state index contributed by atoms with van der Waals surface area (Å²) >= 11 is 2.72. The van der Waals surface area contributed by atoms with Gasteiger partial charge in [0, 0.05) is 23.9 Å². The van der Waals surface area contributed by atoms with Crippen LogP contribution in [0.15, 0.2) is 57.1 Å². The van der Waals surface area contributed by atoms with Crippen LogP contribution in [-0.2, 0) is 0 Å². The van der Waals surface area contributed by atoms with E-state index in [2.05, 4.69) is 0 Å². The number of aromatic nitrogens is 1. The van der Waals surface area contributed by atoms with Gasteiger partial charge in [0.05, 0.1) is 15.9 Å². The summed E-state index contributed by atoms with van der Waals surface area (Å²) in [6.07, 6.45) is 1.69. The second-order valence-electron chi connectivity index (χ2n) is 5.69. The van der Waals surface area contributed by atoms with E-state index in [9.17, 15) is 25.1 Å². The molecule has 3 aromatic rings. The van der Waals surface area contributed by atoms with E-state index in [-0.39, 0.29) is 23.1 Å². The standard InChI is InChI=1S/C18H10N2O5S2/c21-14-6-3-11(8-15(14)22)13-9-26-18-19(13)17(23)16(27-18)7-10-1-4-12(5-2-10)20(24)25/h1-9H,(H-,21,22)/p+1/b16-7+. The molecule has 2 N–H and O–H groups in total. The van der Waals surface area contributed by atoms with E-state index in [1.165, 1.54) is 47.4 Å². The monoisotopic (exact) mass is 399 g/mol. The number of phenols is 2. The number of thiazole rings is 1. The van der Waals surface area contributed by atoms with Gasteiger partial charge in [0.15, 0.2) is 11.5 Å². The summed E-state index contributed by atoms with van der Waals surface area (Å²) in [4.78, 5) is 23.6. The molecule has 0 unspecified atom stereocenters. The minimum absolute atomic E-state index is 0.00883. The zero-order chi connectivity index (χ0) is 19.1. The maximum absolute atomic E-state index is 12.8. The van der Waals surface area contributed by atoms with Gasteiger partial charge in [-0.05, 0) is 42.0 Å². The first-order valence-corrected chi connectivity index (χ1v) is 9.38. The van der Waals surface area contributed by atoms with Gasteiger partial charge in [-0.25, -0.2) is 4.79 Å². The molecule has 0 spiro atoms. The van der Waals surface area contributed by atoms with Crippen LogP contribution in [0.1, 0.15) is 10.4 Å². The number of nitro benzene ring substituents is 1. The fourth-order valence-corrected chi connectivity index (χ4v) is 4.82. The largest absolute Gasteiger partial charge is 0.504 e.